The first kappa shape index (κ1) is 18.0. The molecule has 6 heteroatoms. The van der Waals surface area contributed by atoms with Gasteiger partial charge in [-0.05, 0) is 71.9 Å². The molecule has 2 aliphatic rings. The number of alkyl carbamates (subject to hydrolysis) is 1. The third-order valence-electron chi connectivity index (χ3n) is 4.72. The first-order chi connectivity index (χ1) is 10.7. The minimum Gasteiger partial charge on any atom is -0.481 e. The molecule has 1 saturated carbocycles. The molecule has 2 unspecified atom stereocenters. The first-order valence-corrected chi connectivity index (χ1v) is 8.67. The second-order valence-corrected chi connectivity index (χ2v) is 7.94. The highest BCUT2D eigenvalue weighted by atomic mass is 16.6. The van der Waals surface area contributed by atoms with Crippen LogP contribution in [-0.2, 0) is 9.53 Å². The van der Waals surface area contributed by atoms with E-state index in [1.54, 1.807) is 0 Å². The Balaban J connectivity index is 1.68. The predicted molar refractivity (Wildman–Crippen MR) is 87.3 cm³/mol. The van der Waals surface area contributed by atoms with E-state index in [2.05, 4.69) is 10.2 Å². The third kappa shape index (κ3) is 6.01. The van der Waals surface area contributed by atoms with Crippen LogP contribution in [0.4, 0.5) is 4.79 Å². The molecule has 0 spiro atoms. The Morgan fingerprint density at radius 1 is 1.17 bits per heavy atom. The third-order valence-corrected chi connectivity index (χ3v) is 4.72. The number of carboxylic acids is 1. The summed E-state index contributed by atoms with van der Waals surface area (Å²) < 4.78 is 5.30. The second-order valence-electron chi connectivity index (χ2n) is 7.94. The number of ether oxygens (including phenoxy) is 1. The van der Waals surface area contributed by atoms with Crippen molar-refractivity contribution in [2.45, 2.75) is 64.5 Å². The van der Waals surface area contributed by atoms with Gasteiger partial charge < -0.3 is 20.1 Å². The largest absolute Gasteiger partial charge is 0.481 e. The molecule has 1 aliphatic heterocycles. The minimum absolute atomic E-state index is 0.170. The van der Waals surface area contributed by atoms with Crippen molar-refractivity contribution in [3.8, 4) is 0 Å². The highest BCUT2D eigenvalue weighted by Gasteiger charge is 2.31. The average Bonchev–Trinajstić information content (AvgIpc) is 2.84. The second kappa shape index (κ2) is 7.51. The molecule has 1 amide bonds. The van der Waals surface area contributed by atoms with Gasteiger partial charge >= 0.3 is 12.1 Å². The maximum Gasteiger partial charge on any atom is 0.407 e. The molecule has 1 saturated heterocycles. The number of carbonyl (C=O) groups is 2. The van der Waals surface area contributed by atoms with Gasteiger partial charge in [0, 0.05) is 12.6 Å². The molecule has 6 nitrogen and oxygen atoms in total. The summed E-state index contributed by atoms with van der Waals surface area (Å²) in [5.41, 5.74) is -0.462. The van der Waals surface area contributed by atoms with Gasteiger partial charge in [-0.15, -0.1) is 0 Å². The number of piperidine rings is 1. The molecule has 23 heavy (non-hydrogen) atoms. The van der Waals surface area contributed by atoms with Crippen LogP contribution in [0.1, 0.15) is 52.9 Å². The lowest BCUT2D eigenvalue weighted by molar-refractivity contribution is -0.143. The normalized spacial score (nSPS) is 26.9. The fraction of sp³-hybridized carbons (Fsp3) is 0.882. The molecule has 0 radical (unpaired) electrons. The Morgan fingerprint density at radius 3 is 2.39 bits per heavy atom. The fourth-order valence-corrected chi connectivity index (χ4v) is 3.57. The Morgan fingerprint density at radius 2 is 1.83 bits per heavy atom. The number of hydrogen-bond donors (Lipinski definition) is 2. The lowest BCUT2D eigenvalue weighted by atomic mass is 9.96. The summed E-state index contributed by atoms with van der Waals surface area (Å²) in [7, 11) is 0. The van der Waals surface area contributed by atoms with Crippen LogP contribution < -0.4 is 5.32 Å². The number of amides is 1. The molecule has 2 N–H and O–H groups in total. The van der Waals surface area contributed by atoms with E-state index in [-0.39, 0.29) is 18.1 Å². The van der Waals surface area contributed by atoms with Crippen LogP contribution in [-0.4, -0.2) is 53.3 Å². The Hall–Kier alpha value is -1.30. The lowest BCUT2D eigenvalue weighted by Crippen LogP contribution is -2.40. The Kier molecular flexibility index (Phi) is 5.89. The average molecular weight is 326 g/mol. The first-order valence-electron chi connectivity index (χ1n) is 8.67. The van der Waals surface area contributed by atoms with Crippen molar-refractivity contribution in [3.63, 3.8) is 0 Å². The van der Waals surface area contributed by atoms with Crippen LogP contribution in [0.15, 0.2) is 0 Å². The zero-order valence-corrected chi connectivity index (χ0v) is 14.5. The van der Waals surface area contributed by atoms with Gasteiger partial charge in [-0.2, -0.15) is 0 Å². The highest BCUT2D eigenvalue weighted by Crippen LogP contribution is 2.28. The van der Waals surface area contributed by atoms with E-state index in [0.29, 0.717) is 5.92 Å². The summed E-state index contributed by atoms with van der Waals surface area (Å²) in [4.78, 5) is 25.2. The zero-order chi connectivity index (χ0) is 17.0. The van der Waals surface area contributed by atoms with Crippen molar-refractivity contribution in [1.29, 1.82) is 0 Å². The van der Waals surface area contributed by atoms with E-state index in [0.717, 1.165) is 51.7 Å². The summed E-state index contributed by atoms with van der Waals surface area (Å²) in [5.74, 6) is -0.250. The smallest absolute Gasteiger partial charge is 0.407 e. The van der Waals surface area contributed by atoms with Gasteiger partial charge in [0.15, 0.2) is 0 Å². The molecule has 1 heterocycles. The molecule has 0 aromatic carbocycles. The van der Waals surface area contributed by atoms with Crippen LogP contribution >= 0.6 is 0 Å². The van der Waals surface area contributed by atoms with Crippen LogP contribution in [0.5, 0.6) is 0 Å². The number of carbonyl (C=O) groups excluding carboxylic acids is 1. The summed E-state index contributed by atoms with van der Waals surface area (Å²) in [6.07, 6.45) is 4.27. The van der Waals surface area contributed by atoms with Gasteiger partial charge in [0.25, 0.3) is 0 Å². The van der Waals surface area contributed by atoms with Crippen molar-refractivity contribution in [3.05, 3.63) is 0 Å². The molecule has 2 atom stereocenters. The van der Waals surface area contributed by atoms with E-state index < -0.39 is 11.6 Å². The molecule has 2 rings (SSSR count). The van der Waals surface area contributed by atoms with Crippen molar-refractivity contribution >= 4 is 12.1 Å². The van der Waals surface area contributed by atoms with Gasteiger partial charge in [-0.1, -0.05) is 0 Å². The van der Waals surface area contributed by atoms with Gasteiger partial charge in [-0.3, -0.25) is 4.79 Å². The maximum absolute atomic E-state index is 11.8. The number of hydrogen-bond acceptors (Lipinski definition) is 4. The molecule has 0 aromatic rings. The van der Waals surface area contributed by atoms with Crippen LogP contribution in [0.2, 0.25) is 0 Å². The number of carboxylic acid groups (broad SMARTS) is 1. The van der Waals surface area contributed by atoms with Gasteiger partial charge in [0.2, 0.25) is 0 Å². The Labute approximate surface area is 138 Å². The molecule has 0 aromatic heterocycles. The summed E-state index contributed by atoms with van der Waals surface area (Å²) >= 11 is 0. The molecule has 2 fully saturated rings. The van der Waals surface area contributed by atoms with Gasteiger partial charge in [0.1, 0.15) is 5.60 Å². The summed E-state index contributed by atoms with van der Waals surface area (Å²) in [5, 5.41) is 12.0. The standard InChI is InChI=1S/C17H30N2O4/c1-17(2,3)23-16(22)18-14-5-4-12(10-14)11-19-8-6-13(7-9-19)15(20)21/h12-14H,4-11H2,1-3H3,(H,18,22)(H,20,21). The minimum atomic E-state index is -0.660. The van der Waals surface area contributed by atoms with Gasteiger partial charge in [0.05, 0.1) is 5.92 Å². The van der Waals surface area contributed by atoms with Crippen molar-refractivity contribution < 1.29 is 19.4 Å². The van der Waals surface area contributed by atoms with E-state index >= 15 is 0 Å². The van der Waals surface area contributed by atoms with E-state index in [1.165, 1.54) is 0 Å². The SMILES string of the molecule is CC(C)(C)OC(=O)NC1CCC(CN2CCC(C(=O)O)CC2)C1. The number of aliphatic carboxylic acids is 1. The number of nitrogens with one attached hydrogen (secondary N) is 1. The van der Waals surface area contributed by atoms with E-state index in [9.17, 15) is 9.59 Å². The van der Waals surface area contributed by atoms with Crippen molar-refractivity contribution in [2.24, 2.45) is 11.8 Å². The lowest BCUT2D eigenvalue weighted by Gasteiger charge is -2.31. The summed E-state index contributed by atoms with van der Waals surface area (Å²) in [6, 6.07) is 0.200. The maximum atomic E-state index is 11.8. The topological polar surface area (TPSA) is 78.9 Å². The number of rotatable bonds is 4. The fourth-order valence-electron chi connectivity index (χ4n) is 3.57. The number of likely N-dealkylation sites (tertiary alicyclic amines) is 1. The van der Waals surface area contributed by atoms with Crippen LogP contribution in [0.25, 0.3) is 0 Å². The van der Waals surface area contributed by atoms with Crippen molar-refractivity contribution in [2.75, 3.05) is 19.6 Å². The molecule has 1 aliphatic carbocycles. The molecule has 0 bridgehead atoms. The van der Waals surface area contributed by atoms with E-state index in [1.807, 2.05) is 20.8 Å². The predicted octanol–water partition coefficient (Wildman–Crippen LogP) is 2.48. The highest BCUT2D eigenvalue weighted by molar-refractivity contribution is 5.70. The quantitative estimate of drug-likeness (QED) is 0.830. The van der Waals surface area contributed by atoms with Crippen LogP contribution in [0.3, 0.4) is 0 Å². The molecule has 132 valence electrons. The zero-order valence-electron chi connectivity index (χ0n) is 14.5. The van der Waals surface area contributed by atoms with Gasteiger partial charge in [-0.25, -0.2) is 4.79 Å². The van der Waals surface area contributed by atoms with Crippen molar-refractivity contribution in [1.82, 2.24) is 10.2 Å². The molecular weight excluding hydrogens is 296 g/mol. The number of nitrogens with zero attached hydrogens (tertiary/aromatic N) is 1. The monoisotopic (exact) mass is 326 g/mol. The van der Waals surface area contributed by atoms with E-state index in [4.69, 9.17) is 9.84 Å². The Bertz CT molecular complexity index is 425. The van der Waals surface area contributed by atoms with Crippen LogP contribution in [0, 0.1) is 11.8 Å². The summed E-state index contributed by atoms with van der Waals surface area (Å²) in [6.45, 7) is 8.36. The molecular formula is C17H30N2O4.